The SMILES string of the molecule is CCOc1ccc(N2C(=O)CS[C@]23C(=O)N2c4c(cccc43)[C@@H](C)CC2(C)C)cc1. The maximum Gasteiger partial charge on any atom is 0.269 e. The van der Waals surface area contributed by atoms with Gasteiger partial charge in [0.05, 0.1) is 18.0 Å². The van der Waals surface area contributed by atoms with Crippen LogP contribution in [0.15, 0.2) is 42.5 Å². The van der Waals surface area contributed by atoms with Gasteiger partial charge in [-0.05, 0) is 62.9 Å². The summed E-state index contributed by atoms with van der Waals surface area (Å²) in [5.74, 6) is 1.35. The van der Waals surface area contributed by atoms with Crippen LogP contribution in [0.3, 0.4) is 0 Å². The number of carbonyl (C=O) groups excluding carboxylic acids is 2. The number of nitrogens with zero attached hydrogens (tertiary/aromatic N) is 2. The van der Waals surface area contributed by atoms with Crippen LogP contribution in [0.4, 0.5) is 11.4 Å². The van der Waals surface area contributed by atoms with Gasteiger partial charge in [0, 0.05) is 16.8 Å². The molecule has 3 aliphatic rings. The summed E-state index contributed by atoms with van der Waals surface area (Å²) in [4.78, 5) is 29.9. The van der Waals surface area contributed by atoms with Gasteiger partial charge < -0.3 is 9.64 Å². The quantitative estimate of drug-likeness (QED) is 0.722. The zero-order valence-electron chi connectivity index (χ0n) is 17.8. The van der Waals surface area contributed by atoms with Crippen LogP contribution in [-0.4, -0.2) is 29.7 Å². The topological polar surface area (TPSA) is 49.9 Å². The van der Waals surface area contributed by atoms with E-state index in [0.717, 1.165) is 29.1 Å². The first kappa shape index (κ1) is 19.5. The molecule has 1 fully saturated rings. The lowest BCUT2D eigenvalue weighted by Gasteiger charge is -2.44. The summed E-state index contributed by atoms with van der Waals surface area (Å²) in [5, 5.41) is 0. The van der Waals surface area contributed by atoms with E-state index in [2.05, 4.69) is 26.8 Å². The normalized spacial score (nSPS) is 26.5. The fraction of sp³-hybridized carbons (Fsp3) is 0.417. The molecule has 1 saturated heterocycles. The predicted molar refractivity (Wildman–Crippen MR) is 120 cm³/mol. The molecule has 2 atom stereocenters. The van der Waals surface area contributed by atoms with Gasteiger partial charge in [0.15, 0.2) is 0 Å². The zero-order chi connectivity index (χ0) is 21.3. The van der Waals surface area contributed by atoms with E-state index in [1.165, 1.54) is 17.3 Å². The second-order valence-corrected chi connectivity index (χ2v) is 10.1. The molecule has 156 valence electrons. The van der Waals surface area contributed by atoms with Crippen molar-refractivity contribution in [1.29, 1.82) is 0 Å². The van der Waals surface area contributed by atoms with Crippen molar-refractivity contribution < 1.29 is 14.3 Å². The molecule has 5 rings (SSSR count). The molecule has 3 heterocycles. The largest absolute Gasteiger partial charge is 0.494 e. The van der Waals surface area contributed by atoms with Crippen LogP contribution in [0.5, 0.6) is 5.75 Å². The fourth-order valence-corrected chi connectivity index (χ4v) is 6.72. The molecule has 2 aromatic rings. The zero-order valence-corrected chi connectivity index (χ0v) is 18.6. The van der Waals surface area contributed by atoms with Gasteiger partial charge >= 0.3 is 0 Å². The maximum atomic E-state index is 14.1. The summed E-state index contributed by atoms with van der Waals surface area (Å²) in [5.41, 5.74) is 3.56. The molecule has 2 aromatic carbocycles. The third kappa shape index (κ3) is 2.43. The Morgan fingerprint density at radius 2 is 1.83 bits per heavy atom. The number of rotatable bonds is 3. The van der Waals surface area contributed by atoms with Gasteiger partial charge in [0.1, 0.15) is 5.75 Å². The monoisotopic (exact) mass is 422 g/mol. The van der Waals surface area contributed by atoms with Crippen LogP contribution in [0.2, 0.25) is 0 Å². The Bertz CT molecular complexity index is 1050. The number of benzene rings is 2. The minimum absolute atomic E-state index is 0.00779. The lowest BCUT2D eigenvalue weighted by molar-refractivity contribution is -0.124. The second-order valence-electron chi connectivity index (χ2n) is 8.89. The van der Waals surface area contributed by atoms with Crippen molar-refractivity contribution in [3.8, 4) is 5.75 Å². The van der Waals surface area contributed by atoms with Crippen LogP contribution < -0.4 is 14.5 Å². The standard InChI is InChI=1S/C24H26N2O3S/c1-5-29-17-11-9-16(10-12-17)25-20(27)14-30-24(25)19-8-6-7-18-15(2)13-23(3,4)26(21(18)19)22(24)28/h6-12,15H,5,13-14H2,1-4H3/t15-,24+/m0/s1. The van der Waals surface area contributed by atoms with Crippen LogP contribution in [0, 0.1) is 0 Å². The summed E-state index contributed by atoms with van der Waals surface area (Å²) in [6.07, 6.45) is 0.896. The summed E-state index contributed by atoms with van der Waals surface area (Å²) in [6, 6.07) is 13.7. The molecule has 0 aromatic heterocycles. The van der Waals surface area contributed by atoms with E-state index in [0.29, 0.717) is 12.5 Å². The number of hydrogen-bond acceptors (Lipinski definition) is 4. The Balaban J connectivity index is 1.70. The molecule has 3 aliphatic heterocycles. The first-order chi connectivity index (χ1) is 14.3. The Morgan fingerprint density at radius 3 is 2.53 bits per heavy atom. The molecule has 0 radical (unpaired) electrons. The Hall–Kier alpha value is -2.47. The van der Waals surface area contributed by atoms with Gasteiger partial charge in [0.25, 0.3) is 5.91 Å². The predicted octanol–water partition coefficient (Wildman–Crippen LogP) is 4.65. The Morgan fingerprint density at radius 1 is 1.10 bits per heavy atom. The third-order valence-corrected chi connectivity index (χ3v) is 7.85. The van der Waals surface area contributed by atoms with E-state index in [-0.39, 0.29) is 23.1 Å². The maximum absolute atomic E-state index is 14.1. The fourth-order valence-electron chi connectivity index (χ4n) is 5.39. The summed E-state index contributed by atoms with van der Waals surface area (Å²) >= 11 is 1.44. The van der Waals surface area contributed by atoms with Crippen molar-refractivity contribution in [3.05, 3.63) is 53.6 Å². The van der Waals surface area contributed by atoms with Gasteiger partial charge in [-0.1, -0.05) is 25.1 Å². The number of fused-ring (bicyclic) bond motifs is 1. The highest BCUT2D eigenvalue weighted by atomic mass is 32.2. The molecule has 30 heavy (non-hydrogen) atoms. The van der Waals surface area contributed by atoms with Gasteiger partial charge in [-0.3, -0.25) is 14.5 Å². The number of anilines is 2. The summed E-state index contributed by atoms with van der Waals surface area (Å²) in [6.45, 7) is 9.00. The number of thioether (sulfide) groups is 1. The molecule has 0 aliphatic carbocycles. The third-order valence-electron chi connectivity index (χ3n) is 6.47. The number of carbonyl (C=O) groups is 2. The molecule has 0 saturated carbocycles. The molecule has 0 bridgehead atoms. The van der Waals surface area contributed by atoms with E-state index in [1.807, 2.05) is 48.2 Å². The van der Waals surface area contributed by atoms with Crippen LogP contribution in [0.1, 0.15) is 51.2 Å². The van der Waals surface area contributed by atoms with Crippen molar-refractivity contribution in [1.82, 2.24) is 0 Å². The second kappa shape index (κ2) is 6.51. The molecule has 6 heteroatoms. The molecule has 0 N–H and O–H groups in total. The molecule has 5 nitrogen and oxygen atoms in total. The van der Waals surface area contributed by atoms with Gasteiger partial charge in [-0.25, -0.2) is 0 Å². The van der Waals surface area contributed by atoms with Crippen molar-refractivity contribution in [2.45, 2.75) is 50.4 Å². The van der Waals surface area contributed by atoms with Crippen LogP contribution >= 0.6 is 11.8 Å². The van der Waals surface area contributed by atoms with E-state index < -0.39 is 4.87 Å². The smallest absolute Gasteiger partial charge is 0.269 e. The number of amides is 2. The minimum Gasteiger partial charge on any atom is -0.494 e. The molecular weight excluding hydrogens is 396 g/mol. The van der Waals surface area contributed by atoms with Gasteiger partial charge in [0.2, 0.25) is 10.8 Å². The summed E-state index contributed by atoms with van der Waals surface area (Å²) in [7, 11) is 0. The van der Waals surface area contributed by atoms with Gasteiger partial charge in [-0.2, -0.15) is 0 Å². The average molecular weight is 423 g/mol. The highest BCUT2D eigenvalue weighted by Gasteiger charge is 2.64. The van der Waals surface area contributed by atoms with E-state index >= 15 is 0 Å². The average Bonchev–Trinajstić information content (AvgIpc) is 3.18. The van der Waals surface area contributed by atoms with Crippen molar-refractivity contribution in [3.63, 3.8) is 0 Å². The van der Waals surface area contributed by atoms with Crippen molar-refractivity contribution >= 4 is 35.0 Å². The van der Waals surface area contributed by atoms with Crippen LogP contribution in [-0.2, 0) is 14.5 Å². The number of para-hydroxylation sites is 1. The minimum atomic E-state index is -1.04. The van der Waals surface area contributed by atoms with Crippen molar-refractivity contribution in [2.24, 2.45) is 0 Å². The molecule has 1 spiro atoms. The highest BCUT2D eigenvalue weighted by Crippen LogP contribution is 2.61. The lowest BCUT2D eigenvalue weighted by Crippen LogP contribution is -2.56. The van der Waals surface area contributed by atoms with Gasteiger partial charge in [-0.15, -0.1) is 11.8 Å². The number of hydrogen-bond donors (Lipinski definition) is 0. The number of ether oxygens (including phenoxy) is 1. The molecule has 0 unspecified atom stereocenters. The van der Waals surface area contributed by atoms with Crippen molar-refractivity contribution in [2.75, 3.05) is 22.2 Å². The van der Waals surface area contributed by atoms with E-state index in [4.69, 9.17) is 4.74 Å². The Kier molecular flexibility index (Phi) is 4.23. The first-order valence-electron chi connectivity index (χ1n) is 10.5. The van der Waals surface area contributed by atoms with E-state index in [1.54, 1.807) is 4.90 Å². The van der Waals surface area contributed by atoms with E-state index in [9.17, 15) is 9.59 Å². The first-order valence-corrected chi connectivity index (χ1v) is 11.5. The molecule has 2 amide bonds. The lowest BCUT2D eigenvalue weighted by atomic mass is 9.80. The highest BCUT2D eigenvalue weighted by molar-refractivity contribution is 8.02. The van der Waals surface area contributed by atoms with Crippen LogP contribution in [0.25, 0.3) is 0 Å². The molecular formula is C24H26N2O3S. The summed E-state index contributed by atoms with van der Waals surface area (Å²) < 4.78 is 5.56. The Labute approximate surface area is 181 Å².